The maximum Gasteiger partial charge on any atom is 0.273 e. The van der Waals surface area contributed by atoms with E-state index in [9.17, 15) is 14.0 Å². The van der Waals surface area contributed by atoms with Crippen LogP contribution in [0.5, 0.6) is 0 Å². The Hall–Kier alpha value is -4.08. The third-order valence-corrected chi connectivity index (χ3v) is 8.20. The van der Waals surface area contributed by atoms with Crippen LogP contribution in [0.3, 0.4) is 0 Å². The summed E-state index contributed by atoms with van der Waals surface area (Å²) in [6.07, 6.45) is 7.01. The van der Waals surface area contributed by atoms with Gasteiger partial charge in [0.25, 0.3) is 11.8 Å². The zero-order valence-electron chi connectivity index (χ0n) is 23.9. The number of piperazine rings is 1. The molecule has 0 atom stereocenters. The van der Waals surface area contributed by atoms with Crippen LogP contribution in [-0.4, -0.2) is 75.3 Å². The molecule has 0 spiro atoms. The van der Waals surface area contributed by atoms with E-state index >= 15 is 0 Å². The molecule has 0 aliphatic carbocycles. The van der Waals surface area contributed by atoms with E-state index in [2.05, 4.69) is 34.2 Å². The number of nitrogens with zero attached hydrogens (tertiary/aromatic N) is 5. The van der Waals surface area contributed by atoms with Gasteiger partial charge in [0.15, 0.2) is 0 Å². The molecule has 0 N–H and O–H groups in total. The highest BCUT2D eigenvalue weighted by Crippen LogP contribution is 2.19. The van der Waals surface area contributed by atoms with Gasteiger partial charge in [0.2, 0.25) is 0 Å². The molecule has 2 aromatic heterocycles. The first kappa shape index (κ1) is 29.4. The van der Waals surface area contributed by atoms with E-state index in [1.54, 1.807) is 17.0 Å². The Labute approximate surface area is 250 Å². The molecule has 1 saturated heterocycles. The van der Waals surface area contributed by atoms with Crippen LogP contribution in [0.2, 0.25) is 0 Å². The summed E-state index contributed by atoms with van der Waals surface area (Å²) in [6.45, 7) is 7.24. The van der Waals surface area contributed by atoms with Crippen LogP contribution in [0.25, 0.3) is 6.08 Å². The van der Waals surface area contributed by atoms with Gasteiger partial charge in [-0.3, -0.25) is 14.5 Å². The summed E-state index contributed by atoms with van der Waals surface area (Å²) in [4.78, 5) is 36.9. The number of halogens is 1. The molecule has 4 aromatic rings. The molecule has 2 aromatic carbocycles. The number of thiazole rings is 1. The van der Waals surface area contributed by atoms with E-state index in [0.717, 1.165) is 36.8 Å². The van der Waals surface area contributed by atoms with Gasteiger partial charge in [-0.25, -0.2) is 9.37 Å². The summed E-state index contributed by atoms with van der Waals surface area (Å²) in [6, 6.07) is 20.2. The maximum absolute atomic E-state index is 14.3. The minimum atomic E-state index is -0.514. The topological polar surface area (TPSA) is 61.7 Å². The predicted octanol–water partition coefficient (Wildman–Crippen LogP) is 5.66. The molecule has 2 amide bonds. The fourth-order valence-electron chi connectivity index (χ4n) is 5.10. The van der Waals surface area contributed by atoms with Gasteiger partial charge in [-0.05, 0) is 36.2 Å². The van der Waals surface area contributed by atoms with Gasteiger partial charge in [-0.15, -0.1) is 11.3 Å². The molecule has 7 nitrogen and oxygen atoms in total. The van der Waals surface area contributed by atoms with Gasteiger partial charge >= 0.3 is 0 Å². The lowest BCUT2D eigenvalue weighted by atomic mass is 10.1. The third kappa shape index (κ3) is 7.40. The molecule has 1 aliphatic rings. The van der Waals surface area contributed by atoms with Crippen LogP contribution in [0, 0.1) is 5.82 Å². The number of benzene rings is 2. The second-order valence-corrected chi connectivity index (χ2v) is 11.3. The molecule has 42 heavy (non-hydrogen) atoms. The monoisotopic (exact) mass is 585 g/mol. The summed E-state index contributed by atoms with van der Waals surface area (Å²) in [5.41, 5.74) is 2.67. The largest absolute Gasteiger partial charge is 0.343 e. The molecule has 3 heterocycles. The molecule has 9 heteroatoms. The SMILES string of the molecule is CCCN(Cc1cccn1Cc1nc(C(=O)N2CCN(CC=Cc3ccccc3)CC2)cs1)C(=O)c1ccccc1F. The summed E-state index contributed by atoms with van der Waals surface area (Å²) in [5, 5.41) is 2.66. The molecule has 218 valence electrons. The van der Waals surface area contributed by atoms with Crippen molar-refractivity contribution in [3.05, 3.63) is 118 Å². The zero-order chi connectivity index (χ0) is 29.3. The fourth-order valence-corrected chi connectivity index (χ4v) is 5.86. The first-order chi connectivity index (χ1) is 20.5. The lowest BCUT2D eigenvalue weighted by molar-refractivity contribution is 0.0644. The first-order valence-electron chi connectivity index (χ1n) is 14.4. The maximum atomic E-state index is 14.3. The van der Waals surface area contributed by atoms with Crippen LogP contribution in [0.1, 0.15) is 50.5 Å². The van der Waals surface area contributed by atoms with Crippen molar-refractivity contribution in [1.29, 1.82) is 0 Å². The van der Waals surface area contributed by atoms with Gasteiger partial charge in [0.1, 0.15) is 16.5 Å². The lowest BCUT2D eigenvalue weighted by Gasteiger charge is -2.33. The minimum absolute atomic E-state index is 0.0330. The van der Waals surface area contributed by atoms with Crippen molar-refractivity contribution < 1.29 is 14.0 Å². The summed E-state index contributed by atoms with van der Waals surface area (Å²) in [7, 11) is 0. The van der Waals surface area contributed by atoms with Crippen molar-refractivity contribution >= 4 is 29.2 Å². The van der Waals surface area contributed by atoms with E-state index < -0.39 is 5.82 Å². The fraction of sp³-hybridized carbons (Fsp3) is 0.303. The Morgan fingerprint density at radius 1 is 1.00 bits per heavy atom. The summed E-state index contributed by atoms with van der Waals surface area (Å²) in [5.74, 6) is -0.869. The van der Waals surface area contributed by atoms with Crippen LogP contribution in [0.15, 0.2) is 84.4 Å². The van der Waals surface area contributed by atoms with Crippen LogP contribution in [0.4, 0.5) is 4.39 Å². The number of carbonyl (C=O) groups excluding carboxylic acids is 2. The van der Waals surface area contributed by atoms with E-state index in [0.29, 0.717) is 38.4 Å². The van der Waals surface area contributed by atoms with Crippen LogP contribution >= 0.6 is 11.3 Å². The average Bonchev–Trinajstić information content (AvgIpc) is 3.67. The van der Waals surface area contributed by atoms with Crippen LogP contribution in [-0.2, 0) is 13.1 Å². The molecule has 0 unspecified atom stereocenters. The molecular weight excluding hydrogens is 549 g/mol. The minimum Gasteiger partial charge on any atom is -0.343 e. The van der Waals surface area contributed by atoms with E-state index in [-0.39, 0.29) is 17.4 Å². The Balaban J connectivity index is 1.16. The van der Waals surface area contributed by atoms with E-state index in [4.69, 9.17) is 0 Å². The quantitative estimate of drug-likeness (QED) is 0.228. The molecule has 0 bridgehead atoms. The number of carbonyl (C=O) groups is 2. The second-order valence-electron chi connectivity index (χ2n) is 10.4. The Bertz CT molecular complexity index is 1510. The molecule has 5 rings (SSSR count). The standard InChI is InChI=1S/C33H36FN5O2S/c1-2-16-39(32(40)28-14-6-7-15-29(28)34)23-27-13-9-18-38(27)24-31-35-30(25-42-31)33(41)37-21-19-36(20-22-37)17-8-12-26-10-4-3-5-11-26/h3-15,18,25H,2,16-17,19-24H2,1H3. The second kappa shape index (κ2) is 14.2. The number of hydrogen-bond donors (Lipinski definition) is 0. The van der Waals surface area contributed by atoms with Gasteiger partial charge in [0, 0.05) is 56.5 Å². The molecular formula is C33H36FN5O2S. The van der Waals surface area contributed by atoms with Crippen LogP contribution < -0.4 is 0 Å². The summed E-state index contributed by atoms with van der Waals surface area (Å²) < 4.78 is 16.4. The Kier molecular flexibility index (Phi) is 9.94. The van der Waals surface area contributed by atoms with Gasteiger partial charge in [0.05, 0.1) is 18.7 Å². The highest BCUT2D eigenvalue weighted by molar-refractivity contribution is 7.09. The summed E-state index contributed by atoms with van der Waals surface area (Å²) >= 11 is 1.46. The van der Waals surface area contributed by atoms with Crippen molar-refractivity contribution in [3.8, 4) is 0 Å². The number of amides is 2. The first-order valence-corrected chi connectivity index (χ1v) is 15.2. The normalized spacial score (nSPS) is 14.0. The van der Waals surface area contributed by atoms with Crippen molar-refractivity contribution in [2.45, 2.75) is 26.4 Å². The smallest absolute Gasteiger partial charge is 0.273 e. The average molecular weight is 586 g/mol. The van der Waals surface area contributed by atoms with E-state index in [1.807, 2.05) is 58.3 Å². The Morgan fingerprint density at radius 3 is 2.52 bits per heavy atom. The Morgan fingerprint density at radius 2 is 1.76 bits per heavy atom. The van der Waals surface area contributed by atoms with Crippen molar-refractivity contribution in [3.63, 3.8) is 0 Å². The zero-order valence-corrected chi connectivity index (χ0v) is 24.7. The number of aromatic nitrogens is 2. The number of rotatable bonds is 11. The molecule has 0 radical (unpaired) electrons. The molecule has 0 saturated carbocycles. The molecule has 1 fully saturated rings. The lowest BCUT2D eigenvalue weighted by Crippen LogP contribution is -2.48. The van der Waals surface area contributed by atoms with Gasteiger partial charge in [-0.2, -0.15) is 0 Å². The third-order valence-electron chi connectivity index (χ3n) is 7.37. The van der Waals surface area contributed by atoms with Crippen molar-refractivity contribution in [2.24, 2.45) is 0 Å². The van der Waals surface area contributed by atoms with Crippen molar-refractivity contribution in [2.75, 3.05) is 39.3 Å². The number of hydrogen-bond acceptors (Lipinski definition) is 5. The predicted molar refractivity (Wildman–Crippen MR) is 165 cm³/mol. The van der Waals surface area contributed by atoms with Crippen molar-refractivity contribution in [1.82, 2.24) is 24.3 Å². The van der Waals surface area contributed by atoms with E-state index in [1.165, 1.54) is 29.0 Å². The highest BCUT2D eigenvalue weighted by atomic mass is 32.1. The molecule has 1 aliphatic heterocycles. The van der Waals surface area contributed by atoms with Gasteiger partial charge < -0.3 is 14.4 Å². The highest BCUT2D eigenvalue weighted by Gasteiger charge is 2.24. The van der Waals surface area contributed by atoms with Gasteiger partial charge in [-0.1, -0.05) is 61.5 Å².